The van der Waals surface area contributed by atoms with E-state index in [0.717, 1.165) is 6.42 Å². The number of sulfonamides is 1. The number of carbonyl (C=O) groups excluding carboxylic acids is 1. The summed E-state index contributed by atoms with van der Waals surface area (Å²) in [7, 11) is -3.16. The van der Waals surface area contributed by atoms with Gasteiger partial charge in [0.15, 0.2) is 0 Å². The van der Waals surface area contributed by atoms with Gasteiger partial charge in [-0.2, -0.15) is 5.10 Å². The van der Waals surface area contributed by atoms with Gasteiger partial charge in [-0.15, -0.1) is 5.10 Å². The molecule has 0 saturated carbocycles. The van der Waals surface area contributed by atoms with Crippen LogP contribution in [0.5, 0.6) is 5.88 Å². The SMILES string of the molecule is CS(=O)(=O)N1CCC(C(=O)N2CC[C@H](Oc3cccnn3)C2)CC1. The fourth-order valence-electron chi connectivity index (χ4n) is 3.24. The summed E-state index contributed by atoms with van der Waals surface area (Å²) in [6.07, 6.45) is 4.66. The second kappa shape index (κ2) is 7.02. The third kappa shape index (κ3) is 4.02. The monoisotopic (exact) mass is 354 g/mol. The molecule has 0 spiro atoms. The molecule has 3 heterocycles. The Morgan fingerprint density at radius 2 is 2.00 bits per heavy atom. The van der Waals surface area contributed by atoms with Crippen molar-refractivity contribution in [1.82, 2.24) is 19.4 Å². The second-order valence-electron chi connectivity index (χ2n) is 6.31. The van der Waals surface area contributed by atoms with Crippen LogP contribution in [0.2, 0.25) is 0 Å². The lowest BCUT2D eigenvalue weighted by Gasteiger charge is -2.31. The van der Waals surface area contributed by atoms with Crippen LogP contribution in [0.25, 0.3) is 0 Å². The first-order valence-electron chi connectivity index (χ1n) is 8.12. The van der Waals surface area contributed by atoms with Crippen LogP contribution in [0.4, 0.5) is 0 Å². The van der Waals surface area contributed by atoms with E-state index in [-0.39, 0.29) is 17.9 Å². The van der Waals surface area contributed by atoms with Gasteiger partial charge in [-0.05, 0) is 18.9 Å². The molecule has 0 aliphatic carbocycles. The first-order chi connectivity index (χ1) is 11.4. The van der Waals surface area contributed by atoms with E-state index in [0.29, 0.717) is 44.9 Å². The van der Waals surface area contributed by atoms with E-state index < -0.39 is 10.0 Å². The van der Waals surface area contributed by atoms with E-state index in [1.54, 1.807) is 18.3 Å². The van der Waals surface area contributed by atoms with Crippen LogP contribution in [0, 0.1) is 5.92 Å². The molecule has 1 atom stereocenters. The van der Waals surface area contributed by atoms with Crippen LogP contribution in [0.3, 0.4) is 0 Å². The summed E-state index contributed by atoms with van der Waals surface area (Å²) in [5.41, 5.74) is 0. The Bertz CT molecular complexity index is 674. The van der Waals surface area contributed by atoms with Crippen molar-refractivity contribution in [3.05, 3.63) is 18.3 Å². The van der Waals surface area contributed by atoms with E-state index >= 15 is 0 Å². The van der Waals surface area contributed by atoms with Crippen LogP contribution < -0.4 is 4.74 Å². The largest absolute Gasteiger partial charge is 0.471 e. The zero-order chi connectivity index (χ0) is 17.2. The fourth-order valence-corrected chi connectivity index (χ4v) is 4.11. The maximum Gasteiger partial charge on any atom is 0.233 e. The minimum atomic E-state index is -3.16. The number of hydrogen-bond acceptors (Lipinski definition) is 6. The summed E-state index contributed by atoms with van der Waals surface area (Å²) in [6, 6.07) is 3.51. The van der Waals surface area contributed by atoms with Crippen LogP contribution in [0.1, 0.15) is 19.3 Å². The van der Waals surface area contributed by atoms with E-state index in [2.05, 4.69) is 10.2 Å². The van der Waals surface area contributed by atoms with Gasteiger partial charge in [0.25, 0.3) is 0 Å². The molecule has 0 radical (unpaired) electrons. The van der Waals surface area contributed by atoms with Gasteiger partial charge in [0.05, 0.1) is 12.8 Å². The van der Waals surface area contributed by atoms with Gasteiger partial charge in [0.1, 0.15) is 6.10 Å². The first kappa shape index (κ1) is 17.1. The third-order valence-corrected chi connectivity index (χ3v) is 5.87. The molecule has 1 aromatic rings. The average Bonchev–Trinajstić information content (AvgIpc) is 3.03. The first-order valence-corrected chi connectivity index (χ1v) is 9.96. The third-order valence-electron chi connectivity index (χ3n) is 4.56. The van der Waals surface area contributed by atoms with Crippen LogP contribution in [-0.2, 0) is 14.8 Å². The Morgan fingerprint density at radius 3 is 2.62 bits per heavy atom. The molecule has 0 N–H and O–H groups in total. The number of carbonyl (C=O) groups is 1. The molecule has 24 heavy (non-hydrogen) atoms. The van der Waals surface area contributed by atoms with E-state index in [1.807, 2.05) is 4.90 Å². The van der Waals surface area contributed by atoms with Gasteiger partial charge in [0.2, 0.25) is 21.8 Å². The van der Waals surface area contributed by atoms with Crippen molar-refractivity contribution >= 4 is 15.9 Å². The van der Waals surface area contributed by atoms with Gasteiger partial charge in [0, 0.05) is 44.2 Å². The highest BCUT2D eigenvalue weighted by Crippen LogP contribution is 2.24. The smallest absolute Gasteiger partial charge is 0.233 e. The van der Waals surface area contributed by atoms with E-state index in [1.165, 1.54) is 10.6 Å². The second-order valence-corrected chi connectivity index (χ2v) is 8.29. The Labute approximate surface area is 141 Å². The molecule has 2 fully saturated rings. The lowest BCUT2D eigenvalue weighted by atomic mass is 9.97. The maximum absolute atomic E-state index is 12.6. The molecule has 2 saturated heterocycles. The van der Waals surface area contributed by atoms with Crippen molar-refractivity contribution < 1.29 is 17.9 Å². The molecule has 2 aliphatic heterocycles. The molecule has 9 heteroatoms. The molecule has 8 nitrogen and oxygen atoms in total. The highest BCUT2D eigenvalue weighted by molar-refractivity contribution is 7.88. The lowest BCUT2D eigenvalue weighted by molar-refractivity contribution is -0.135. The molecule has 0 unspecified atom stereocenters. The summed E-state index contributed by atoms with van der Waals surface area (Å²) in [6.45, 7) is 2.04. The molecule has 3 rings (SSSR count). The van der Waals surface area contributed by atoms with Gasteiger partial charge < -0.3 is 9.64 Å². The topological polar surface area (TPSA) is 92.7 Å². The number of rotatable bonds is 4. The van der Waals surface area contributed by atoms with Crippen molar-refractivity contribution in [2.75, 3.05) is 32.4 Å². The number of nitrogens with zero attached hydrogens (tertiary/aromatic N) is 4. The average molecular weight is 354 g/mol. The Hall–Kier alpha value is -1.74. The van der Waals surface area contributed by atoms with Gasteiger partial charge >= 0.3 is 0 Å². The summed E-state index contributed by atoms with van der Waals surface area (Å²) in [5.74, 6) is 0.477. The van der Waals surface area contributed by atoms with Crippen molar-refractivity contribution in [1.29, 1.82) is 0 Å². The van der Waals surface area contributed by atoms with Crippen molar-refractivity contribution in [3.63, 3.8) is 0 Å². The molecule has 132 valence electrons. The zero-order valence-corrected chi connectivity index (χ0v) is 14.5. The summed E-state index contributed by atoms with van der Waals surface area (Å²) < 4.78 is 30.3. The Balaban J connectivity index is 1.50. The highest BCUT2D eigenvalue weighted by Gasteiger charge is 2.35. The summed E-state index contributed by atoms with van der Waals surface area (Å²) in [5, 5.41) is 7.67. The zero-order valence-electron chi connectivity index (χ0n) is 13.7. The minimum absolute atomic E-state index is 0.0678. The van der Waals surface area contributed by atoms with Gasteiger partial charge in [-0.25, -0.2) is 12.7 Å². The molecule has 2 aliphatic rings. The van der Waals surface area contributed by atoms with Crippen molar-refractivity contribution in [3.8, 4) is 5.88 Å². The lowest BCUT2D eigenvalue weighted by Crippen LogP contribution is -2.43. The number of aromatic nitrogens is 2. The minimum Gasteiger partial charge on any atom is -0.471 e. The molecular weight excluding hydrogens is 332 g/mol. The molecular formula is C15H22N4O4S. The normalized spacial score (nSPS) is 23.4. The number of likely N-dealkylation sites (tertiary alicyclic amines) is 1. The van der Waals surface area contributed by atoms with Crippen LogP contribution in [0.15, 0.2) is 18.3 Å². The quantitative estimate of drug-likeness (QED) is 0.763. The fraction of sp³-hybridized carbons (Fsp3) is 0.667. The summed E-state index contributed by atoms with van der Waals surface area (Å²) >= 11 is 0. The maximum atomic E-state index is 12.6. The predicted molar refractivity (Wildman–Crippen MR) is 86.8 cm³/mol. The Kier molecular flexibility index (Phi) is 5.00. The van der Waals surface area contributed by atoms with Gasteiger partial charge in [-0.3, -0.25) is 4.79 Å². The van der Waals surface area contributed by atoms with Crippen LogP contribution in [-0.4, -0.2) is 72.3 Å². The summed E-state index contributed by atoms with van der Waals surface area (Å²) in [4.78, 5) is 14.5. The van der Waals surface area contributed by atoms with Crippen molar-refractivity contribution in [2.45, 2.75) is 25.4 Å². The molecule has 0 aromatic carbocycles. The van der Waals surface area contributed by atoms with Gasteiger partial charge in [-0.1, -0.05) is 0 Å². The molecule has 0 bridgehead atoms. The van der Waals surface area contributed by atoms with Crippen LogP contribution >= 0.6 is 0 Å². The number of amides is 1. The predicted octanol–water partition coefficient (Wildman–Crippen LogP) is 0.128. The standard InChI is InChI=1S/C15H22N4O4S/c1-24(21,22)19-9-4-12(5-10-19)15(20)18-8-6-13(11-18)23-14-3-2-7-16-17-14/h2-3,7,12-13H,4-6,8-11H2,1H3/t13-/m0/s1. The number of piperidine rings is 1. The van der Waals surface area contributed by atoms with E-state index in [9.17, 15) is 13.2 Å². The van der Waals surface area contributed by atoms with E-state index in [4.69, 9.17) is 4.74 Å². The number of ether oxygens (including phenoxy) is 1. The molecule has 1 amide bonds. The highest BCUT2D eigenvalue weighted by atomic mass is 32.2. The van der Waals surface area contributed by atoms with Crippen molar-refractivity contribution in [2.24, 2.45) is 5.92 Å². The molecule has 1 aromatic heterocycles. The number of hydrogen-bond donors (Lipinski definition) is 0. The Morgan fingerprint density at radius 1 is 1.25 bits per heavy atom.